The van der Waals surface area contributed by atoms with Crippen LogP contribution in [0.5, 0.6) is 0 Å². The molecule has 0 amide bonds. The Kier molecular flexibility index (Phi) is 12.1. The van der Waals surface area contributed by atoms with E-state index >= 15 is 0 Å². The van der Waals surface area contributed by atoms with Crippen LogP contribution >= 0.6 is 0 Å². The summed E-state index contributed by atoms with van der Waals surface area (Å²) in [6.45, 7) is 0. The van der Waals surface area contributed by atoms with E-state index in [2.05, 4.69) is 158 Å². The first-order valence-electron chi connectivity index (χ1n) is 12.8. The van der Waals surface area contributed by atoms with Gasteiger partial charge in [-0.15, -0.1) is 51.7 Å². The molecule has 0 nitrogen and oxygen atoms in total. The molecule has 0 saturated heterocycles. The van der Waals surface area contributed by atoms with Crippen LogP contribution in [0.3, 0.4) is 0 Å². The molecule has 1 aliphatic carbocycles. The van der Waals surface area contributed by atoms with Crippen LogP contribution in [0, 0.1) is 20.9 Å². The first kappa shape index (κ1) is 30.7. The molecule has 0 fully saturated rings. The monoisotopic (exact) mass is 592 g/mol. The van der Waals surface area contributed by atoms with E-state index in [9.17, 15) is 0 Å². The molecule has 6 aromatic carbocycles. The van der Waals surface area contributed by atoms with E-state index in [1.807, 2.05) is 6.07 Å². The SMILES string of the molecule is [C-]1=CC(c2ccccc2)=CC1.[CH3-].[CH3-].[Zr]=[C](c1ccccc1)c1ccccc1.c1ccc2c(c1)[cH-]c1ccccc12. The third-order valence-corrected chi connectivity index (χ3v) is 7.87. The molecule has 0 saturated carbocycles. The van der Waals surface area contributed by atoms with Crippen LogP contribution in [0.2, 0.25) is 0 Å². The number of fused-ring (bicyclic) bond motifs is 3. The predicted molar refractivity (Wildman–Crippen MR) is 173 cm³/mol. The standard InChI is InChI=1S/C13H9.C13H10.C11H9.2CH3.Zr/c1-3-7-12-10(5-1)9-11-6-2-4-8-13(11)12;1-3-7-12(8-4-1)11-13-9-5-2-6-10-13;1-2-6-10(7-3-1)11-8-4-5-9-11;;;/h1-9H;1-10H;1-3,6-9H,4H2;2*1H3;/q-1;;3*-1;. The van der Waals surface area contributed by atoms with E-state index < -0.39 is 0 Å². The Bertz CT molecular complexity index is 1580. The summed E-state index contributed by atoms with van der Waals surface area (Å²) in [6, 6.07) is 50.8. The van der Waals surface area contributed by atoms with Crippen molar-refractivity contribution in [1.82, 2.24) is 0 Å². The van der Waals surface area contributed by atoms with E-state index in [1.165, 1.54) is 71.2 Å². The first-order chi connectivity index (χ1) is 18.8. The van der Waals surface area contributed by atoms with Crippen molar-refractivity contribution < 1.29 is 24.2 Å². The largest absolute Gasteiger partial charge is 0.126 e. The summed E-state index contributed by atoms with van der Waals surface area (Å²) in [4.78, 5) is 0. The Labute approximate surface area is 255 Å². The zero-order valence-corrected chi connectivity index (χ0v) is 25.7. The molecule has 0 N–H and O–H groups in total. The quantitative estimate of drug-likeness (QED) is 0.179. The Morgan fingerprint density at radius 3 is 1.43 bits per heavy atom. The van der Waals surface area contributed by atoms with Crippen LogP contribution in [0.25, 0.3) is 27.1 Å². The van der Waals surface area contributed by atoms with Crippen molar-refractivity contribution in [2.24, 2.45) is 0 Å². The fourth-order valence-electron chi connectivity index (χ4n) is 4.51. The molecule has 0 aromatic heterocycles. The van der Waals surface area contributed by atoms with Gasteiger partial charge in [0.2, 0.25) is 0 Å². The fourth-order valence-corrected chi connectivity index (χ4v) is 5.33. The summed E-state index contributed by atoms with van der Waals surface area (Å²) < 4.78 is 1.42. The number of rotatable bonds is 3. The maximum atomic E-state index is 3.15. The van der Waals surface area contributed by atoms with Gasteiger partial charge >= 0.3 is 99.2 Å². The fraction of sp³-hybridized carbons (Fsp3) is 0.0256. The van der Waals surface area contributed by atoms with Crippen LogP contribution in [0.1, 0.15) is 23.1 Å². The van der Waals surface area contributed by atoms with Crippen LogP contribution in [0.15, 0.2) is 158 Å². The molecule has 0 heterocycles. The van der Waals surface area contributed by atoms with Gasteiger partial charge in [0, 0.05) is 0 Å². The normalized spacial score (nSPS) is 11.1. The summed E-state index contributed by atoms with van der Waals surface area (Å²) in [5.74, 6) is 0. The average Bonchev–Trinajstić information content (AvgIpc) is 3.68. The minimum absolute atomic E-state index is 0. The molecule has 198 valence electrons. The Morgan fingerprint density at radius 1 is 0.550 bits per heavy atom. The van der Waals surface area contributed by atoms with Crippen molar-refractivity contribution >= 4 is 30.3 Å². The molecule has 0 atom stereocenters. The molecular weight excluding hydrogens is 560 g/mol. The molecule has 0 bridgehead atoms. The zero-order chi connectivity index (χ0) is 26.0. The number of hydrogen-bond donors (Lipinski definition) is 0. The minimum Gasteiger partial charge on any atom is -0.126 e. The van der Waals surface area contributed by atoms with Crippen molar-refractivity contribution in [3.63, 3.8) is 0 Å². The van der Waals surface area contributed by atoms with Gasteiger partial charge in [0.1, 0.15) is 0 Å². The van der Waals surface area contributed by atoms with Crippen LogP contribution in [0.4, 0.5) is 0 Å². The van der Waals surface area contributed by atoms with Gasteiger partial charge in [-0.25, -0.2) is 6.08 Å². The van der Waals surface area contributed by atoms with Gasteiger partial charge in [-0.2, -0.15) is 11.6 Å². The molecule has 0 aliphatic heterocycles. The van der Waals surface area contributed by atoms with E-state index in [0.29, 0.717) is 0 Å². The topological polar surface area (TPSA) is 0 Å². The van der Waals surface area contributed by atoms with Gasteiger partial charge < -0.3 is 14.9 Å². The molecule has 0 radical (unpaired) electrons. The maximum Gasteiger partial charge on any atom is -0.0771 e. The van der Waals surface area contributed by atoms with Gasteiger partial charge in [-0.1, -0.05) is 66.7 Å². The van der Waals surface area contributed by atoms with Crippen LogP contribution in [-0.4, -0.2) is 3.21 Å². The number of benzene rings is 5. The van der Waals surface area contributed by atoms with Gasteiger partial charge in [-0.3, -0.25) is 6.08 Å². The molecule has 0 spiro atoms. The second-order valence-electron chi connectivity index (χ2n) is 9.00. The van der Waals surface area contributed by atoms with Crippen LogP contribution < -0.4 is 0 Å². The number of allylic oxidation sites excluding steroid dienone is 4. The molecular formula is C39H34Zr-4. The second-order valence-corrected chi connectivity index (χ2v) is 10.2. The third kappa shape index (κ3) is 7.87. The third-order valence-electron chi connectivity index (χ3n) is 6.45. The Hall–Kier alpha value is -3.80. The Morgan fingerprint density at radius 2 is 0.975 bits per heavy atom. The molecule has 1 aliphatic rings. The van der Waals surface area contributed by atoms with Crippen molar-refractivity contribution in [1.29, 1.82) is 0 Å². The second kappa shape index (κ2) is 15.7. The minimum atomic E-state index is 0. The average molecular weight is 594 g/mol. The van der Waals surface area contributed by atoms with Gasteiger partial charge in [0.05, 0.1) is 0 Å². The van der Waals surface area contributed by atoms with Gasteiger partial charge in [-0.05, 0) is 0 Å². The van der Waals surface area contributed by atoms with Gasteiger partial charge in [0.15, 0.2) is 0 Å². The maximum absolute atomic E-state index is 3.15. The van der Waals surface area contributed by atoms with Crippen molar-refractivity contribution in [2.75, 3.05) is 0 Å². The smallest absolute Gasteiger partial charge is 0.0771 e. The van der Waals surface area contributed by atoms with Crippen molar-refractivity contribution in [3.8, 4) is 0 Å². The van der Waals surface area contributed by atoms with Crippen molar-refractivity contribution in [3.05, 3.63) is 195 Å². The number of hydrogen-bond acceptors (Lipinski definition) is 0. The summed E-state index contributed by atoms with van der Waals surface area (Å²) >= 11 is 1.46. The predicted octanol–water partition coefficient (Wildman–Crippen LogP) is 10.2. The van der Waals surface area contributed by atoms with E-state index in [1.54, 1.807) is 0 Å². The van der Waals surface area contributed by atoms with E-state index in [4.69, 9.17) is 0 Å². The molecule has 6 aromatic rings. The Balaban J connectivity index is 0.000000162. The van der Waals surface area contributed by atoms with E-state index in [0.717, 1.165) is 6.42 Å². The van der Waals surface area contributed by atoms with Crippen molar-refractivity contribution in [2.45, 2.75) is 6.42 Å². The molecule has 0 unspecified atom stereocenters. The molecule has 1 heteroatoms. The summed E-state index contributed by atoms with van der Waals surface area (Å²) in [6.07, 6.45) is 8.36. The summed E-state index contributed by atoms with van der Waals surface area (Å²) in [7, 11) is 0. The van der Waals surface area contributed by atoms with Crippen LogP contribution in [-0.2, 0) is 24.2 Å². The summed E-state index contributed by atoms with van der Waals surface area (Å²) in [5.41, 5.74) is 5.25. The van der Waals surface area contributed by atoms with E-state index in [-0.39, 0.29) is 14.9 Å². The van der Waals surface area contributed by atoms with Gasteiger partial charge in [0.25, 0.3) is 0 Å². The molecule has 40 heavy (non-hydrogen) atoms. The molecule has 7 rings (SSSR count). The summed E-state index contributed by atoms with van der Waals surface area (Å²) in [5, 5.41) is 5.39. The first-order valence-corrected chi connectivity index (χ1v) is 14.1. The zero-order valence-electron chi connectivity index (χ0n) is 23.2.